The molecule has 1 aromatic rings. The largest absolute Gasteiger partial charge is 0.371 e. The third-order valence-corrected chi connectivity index (χ3v) is 3.79. The molecule has 1 aliphatic carbocycles. The molecule has 0 heterocycles. The number of hydrogen-bond donors (Lipinski definition) is 0. The molecule has 0 unspecified atom stereocenters. The molecule has 0 spiro atoms. The van der Waals surface area contributed by atoms with Crippen molar-refractivity contribution in [3.05, 3.63) is 29.6 Å². The van der Waals surface area contributed by atoms with Gasteiger partial charge in [0.1, 0.15) is 5.82 Å². The topological polar surface area (TPSA) is 20.3 Å². The van der Waals surface area contributed by atoms with Crippen LogP contribution in [0.3, 0.4) is 0 Å². The summed E-state index contributed by atoms with van der Waals surface area (Å²) in [5.41, 5.74) is 1.32. The van der Waals surface area contributed by atoms with Gasteiger partial charge in [-0.05, 0) is 43.9 Å². The Kier molecular flexibility index (Phi) is 4.34. The Balaban J connectivity index is 2.17. The summed E-state index contributed by atoms with van der Waals surface area (Å²) >= 11 is 0. The smallest absolute Gasteiger partial charge is 0.152 e. The molecule has 18 heavy (non-hydrogen) atoms. The van der Waals surface area contributed by atoms with Crippen molar-refractivity contribution in [1.29, 1.82) is 0 Å². The maximum Gasteiger partial charge on any atom is 0.152 e. The van der Waals surface area contributed by atoms with Gasteiger partial charge in [0.15, 0.2) is 6.29 Å². The van der Waals surface area contributed by atoms with E-state index < -0.39 is 0 Å². The average Bonchev–Trinajstić information content (AvgIpc) is 2.89. The highest BCUT2D eigenvalue weighted by Crippen LogP contribution is 2.28. The summed E-state index contributed by atoms with van der Waals surface area (Å²) in [5, 5.41) is 0. The minimum Gasteiger partial charge on any atom is -0.371 e. The Labute approximate surface area is 108 Å². The van der Waals surface area contributed by atoms with Crippen LogP contribution in [0.4, 0.5) is 10.1 Å². The molecular weight excluding hydrogens is 229 g/mol. The van der Waals surface area contributed by atoms with Gasteiger partial charge in [0.05, 0.1) is 0 Å². The predicted octanol–water partition coefficient (Wildman–Crippen LogP) is 3.65. The normalized spacial score (nSPS) is 15.9. The summed E-state index contributed by atoms with van der Waals surface area (Å²) in [4.78, 5) is 13.2. The molecular formula is C15H20FNO. The summed E-state index contributed by atoms with van der Waals surface area (Å²) in [6.07, 6.45) is 5.91. The van der Waals surface area contributed by atoms with E-state index in [1.165, 1.54) is 37.8 Å². The van der Waals surface area contributed by atoms with Crippen LogP contribution in [0.15, 0.2) is 18.2 Å². The molecule has 1 fully saturated rings. The zero-order chi connectivity index (χ0) is 13.0. The molecule has 0 atom stereocenters. The van der Waals surface area contributed by atoms with Crippen molar-refractivity contribution in [2.45, 2.75) is 32.6 Å². The minimum absolute atomic E-state index is 0.349. The van der Waals surface area contributed by atoms with Gasteiger partial charge in [-0.2, -0.15) is 0 Å². The molecule has 0 aliphatic heterocycles. The fourth-order valence-electron chi connectivity index (χ4n) is 2.81. The van der Waals surface area contributed by atoms with Crippen molar-refractivity contribution in [2.24, 2.45) is 5.92 Å². The molecule has 0 bridgehead atoms. The summed E-state index contributed by atoms with van der Waals surface area (Å²) in [5.74, 6) is 0.368. The van der Waals surface area contributed by atoms with E-state index in [0.717, 1.165) is 31.0 Å². The second-order valence-electron chi connectivity index (χ2n) is 5.01. The van der Waals surface area contributed by atoms with Crippen LogP contribution in [0.2, 0.25) is 0 Å². The SMILES string of the molecule is CCN(CC1CCCC1)c1ccc(F)cc1C=O. The van der Waals surface area contributed by atoms with E-state index in [1.807, 2.05) is 0 Å². The number of rotatable bonds is 5. The van der Waals surface area contributed by atoms with Gasteiger partial charge in [0.25, 0.3) is 0 Å². The van der Waals surface area contributed by atoms with E-state index in [0.29, 0.717) is 5.56 Å². The van der Waals surface area contributed by atoms with Crippen LogP contribution in [-0.4, -0.2) is 19.4 Å². The highest BCUT2D eigenvalue weighted by atomic mass is 19.1. The Morgan fingerprint density at radius 3 is 2.72 bits per heavy atom. The minimum atomic E-state index is -0.349. The van der Waals surface area contributed by atoms with Crippen molar-refractivity contribution in [3.8, 4) is 0 Å². The number of anilines is 1. The molecule has 1 aromatic carbocycles. The molecule has 1 saturated carbocycles. The maximum atomic E-state index is 13.1. The van der Waals surface area contributed by atoms with Crippen LogP contribution >= 0.6 is 0 Å². The highest BCUT2D eigenvalue weighted by Gasteiger charge is 2.19. The first-order valence-corrected chi connectivity index (χ1v) is 6.74. The molecule has 1 aliphatic rings. The number of hydrogen-bond acceptors (Lipinski definition) is 2. The third kappa shape index (κ3) is 2.89. The monoisotopic (exact) mass is 249 g/mol. The van der Waals surface area contributed by atoms with Crippen LogP contribution in [-0.2, 0) is 0 Å². The number of nitrogens with zero attached hydrogens (tertiary/aromatic N) is 1. The van der Waals surface area contributed by atoms with Gasteiger partial charge in [0, 0.05) is 24.3 Å². The summed E-state index contributed by atoms with van der Waals surface area (Å²) in [6, 6.07) is 4.47. The van der Waals surface area contributed by atoms with Crippen LogP contribution < -0.4 is 4.90 Å². The summed E-state index contributed by atoms with van der Waals surface area (Å²) in [6.45, 7) is 3.90. The predicted molar refractivity (Wildman–Crippen MR) is 71.6 cm³/mol. The quantitative estimate of drug-likeness (QED) is 0.742. The van der Waals surface area contributed by atoms with Gasteiger partial charge in [-0.3, -0.25) is 4.79 Å². The van der Waals surface area contributed by atoms with Gasteiger partial charge < -0.3 is 4.90 Å². The summed E-state index contributed by atoms with van der Waals surface area (Å²) in [7, 11) is 0. The number of aldehydes is 1. The molecule has 0 saturated heterocycles. The van der Waals surface area contributed by atoms with E-state index in [-0.39, 0.29) is 5.82 Å². The fraction of sp³-hybridized carbons (Fsp3) is 0.533. The fourth-order valence-corrected chi connectivity index (χ4v) is 2.81. The number of carbonyl (C=O) groups is 1. The van der Waals surface area contributed by atoms with E-state index in [4.69, 9.17) is 0 Å². The lowest BCUT2D eigenvalue weighted by Crippen LogP contribution is -2.29. The molecule has 0 radical (unpaired) electrons. The van der Waals surface area contributed by atoms with E-state index in [1.54, 1.807) is 6.07 Å². The van der Waals surface area contributed by atoms with Gasteiger partial charge >= 0.3 is 0 Å². The van der Waals surface area contributed by atoms with Crippen LogP contribution in [0.25, 0.3) is 0 Å². The zero-order valence-corrected chi connectivity index (χ0v) is 10.9. The highest BCUT2D eigenvalue weighted by molar-refractivity contribution is 5.84. The number of halogens is 1. The number of benzene rings is 1. The lowest BCUT2D eigenvalue weighted by atomic mass is 10.1. The number of carbonyl (C=O) groups excluding carboxylic acids is 1. The van der Waals surface area contributed by atoms with Gasteiger partial charge in [-0.25, -0.2) is 4.39 Å². The third-order valence-electron chi connectivity index (χ3n) is 3.79. The first-order chi connectivity index (χ1) is 8.74. The lowest BCUT2D eigenvalue weighted by Gasteiger charge is -2.27. The Morgan fingerprint density at radius 2 is 2.11 bits per heavy atom. The molecule has 0 N–H and O–H groups in total. The zero-order valence-electron chi connectivity index (χ0n) is 10.9. The molecule has 98 valence electrons. The van der Waals surface area contributed by atoms with Gasteiger partial charge in [-0.15, -0.1) is 0 Å². The Bertz CT molecular complexity index is 413. The Hall–Kier alpha value is -1.38. The van der Waals surface area contributed by atoms with Crippen LogP contribution in [0, 0.1) is 11.7 Å². The molecule has 0 aromatic heterocycles. The Morgan fingerprint density at radius 1 is 1.39 bits per heavy atom. The van der Waals surface area contributed by atoms with Gasteiger partial charge in [0.2, 0.25) is 0 Å². The maximum absolute atomic E-state index is 13.1. The van der Waals surface area contributed by atoms with Crippen molar-refractivity contribution in [2.75, 3.05) is 18.0 Å². The molecule has 0 amide bonds. The standard InChI is InChI=1S/C15H20FNO/c1-2-17(10-12-5-3-4-6-12)15-8-7-14(16)9-13(15)11-18/h7-9,11-12H,2-6,10H2,1H3. The van der Waals surface area contributed by atoms with Crippen molar-refractivity contribution < 1.29 is 9.18 Å². The van der Waals surface area contributed by atoms with Crippen molar-refractivity contribution in [1.82, 2.24) is 0 Å². The molecule has 2 nitrogen and oxygen atoms in total. The van der Waals surface area contributed by atoms with E-state index >= 15 is 0 Å². The van der Waals surface area contributed by atoms with Crippen molar-refractivity contribution in [3.63, 3.8) is 0 Å². The van der Waals surface area contributed by atoms with E-state index in [9.17, 15) is 9.18 Å². The first-order valence-electron chi connectivity index (χ1n) is 6.74. The summed E-state index contributed by atoms with van der Waals surface area (Å²) < 4.78 is 13.1. The average molecular weight is 249 g/mol. The second-order valence-corrected chi connectivity index (χ2v) is 5.01. The van der Waals surface area contributed by atoms with Crippen LogP contribution in [0.1, 0.15) is 43.0 Å². The van der Waals surface area contributed by atoms with E-state index in [2.05, 4.69) is 11.8 Å². The van der Waals surface area contributed by atoms with Crippen molar-refractivity contribution >= 4 is 12.0 Å². The lowest BCUT2D eigenvalue weighted by molar-refractivity contribution is 0.112. The van der Waals surface area contributed by atoms with Gasteiger partial charge in [-0.1, -0.05) is 12.8 Å². The first kappa shape index (κ1) is 13.1. The van der Waals surface area contributed by atoms with Crippen LogP contribution in [0.5, 0.6) is 0 Å². The molecule has 2 rings (SSSR count). The molecule has 3 heteroatoms. The second kappa shape index (κ2) is 5.98.